The number of amides is 1. The molecule has 9 nitrogen and oxygen atoms in total. The molecule has 3 heterocycles. The van der Waals surface area contributed by atoms with Crippen LogP contribution in [0.5, 0.6) is 0 Å². The molecule has 1 fully saturated rings. The number of benzene rings is 1. The van der Waals surface area contributed by atoms with Crippen LogP contribution < -0.4 is 0 Å². The molecule has 1 aromatic carbocycles. The molecule has 0 atom stereocenters. The highest BCUT2D eigenvalue weighted by atomic mass is 16.6. The summed E-state index contributed by atoms with van der Waals surface area (Å²) in [5, 5.41) is 17.9. The molecule has 0 bridgehead atoms. The van der Waals surface area contributed by atoms with Gasteiger partial charge in [0.2, 0.25) is 0 Å². The molecule has 1 saturated heterocycles. The van der Waals surface area contributed by atoms with E-state index in [2.05, 4.69) is 26.3 Å². The van der Waals surface area contributed by atoms with Gasteiger partial charge in [-0.1, -0.05) is 11.3 Å². The Labute approximate surface area is 180 Å². The van der Waals surface area contributed by atoms with Crippen LogP contribution in [0.3, 0.4) is 0 Å². The Morgan fingerprint density at radius 1 is 1.19 bits per heavy atom. The summed E-state index contributed by atoms with van der Waals surface area (Å²) in [5.74, 6) is 0.551. The molecule has 4 rings (SSSR count). The van der Waals surface area contributed by atoms with E-state index in [4.69, 9.17) is 10.00 Å². The molecule has 0 radical (unpaired) electrons. The molecule has 2 aromatic heterocycles. The van der Waals surface area contributed by atoms with Crippen molar-refractivity contribution >= 4 is 17.1 Å². The maximum Gasteiger partial charge on any atom is 0.410 e. The Kier molecular flexibility index (Phi) is 5.31. The molecule has 160 valence electrons. The van der Waals surface area contributed by atoms with Gasteiger partial charge in [-0.05, 0) is 52.7 Å². The van der Waals surface area contributed by atoms with Gasteiger partial charge in [0.05, 0.1) is 17.3 Å². The molecule has 31 heavy (non-hydrogen) atoms. The van der Waals surface area contributed by atoms with Gasteiger partial charge in [-0.2, -0.15) is 5.26 Å². The minimum absolute atomic E-state index is 0.168. The number of ether oxygens (including phenoxy) is 1. The number of carbonyl (C=O) groups is 1. The van der Waals surface area contributed by atoms with Gasteiger partial charge in [0.15, 0.2) is 0 Å². The number of aryl methyl sites for hydroxylation is 1. The van der Waals surface area contributed by atoms with Crippen molar-refractivity contribution in [3.63, 3.8) is 0 Å². The van der Waals surface area contributed by atoms with Gasteiger partial charge in [0.1, 0.15) is 28.7 Å². The lowest BCUT2D eigenvalue weighted by molar-refractivity contribution is 0.0185. The minimum atomic E-state index is -0.496. The van der Waals surface area contributed by atoms with Crippen LogP contribution in [0.2, 0.25) is 0 Å². The van der Waals surface area contributed by atoms with E-state index in [1.165, 1.54) is 0 Å². The zero-order chi connectivity index (χ0) is 22.2. The number of aromatic nitrogens is 5. The van der Waals surface area contributed by atoms with Gasteiger partial charge in [0.25, 0.3) is 0 Å². The number of hydrogen-bond donors (Lipinski definition) is 0. The molecule has 0 spiro atoms. The summed E-state index contributed by atoms with van der Waals surface area (Å²) in [7, 11) is 0. The molecule has 3 aromatic rings. The van der Waals surface area contributed by atoms with Gasteiger partial charge in [0, 0.05) is 24.7 Å². The minimum Gasteiger partial charge on any atom is -0.444 e. The molecule has 0 unspecified atom stereocenters. The van der Waals surface area contributed by atoms with Crippen LogP contribution >= 0.6 is 0 Å². The third-order valence-electron chi connectivity index (χ3n) is 5.18. The third-order valence-corrected chi connectivity index (χ3v) is 5.18. The first-order valence-electron chi connectivity index (χ1n) is 10.3. The Bertz CT molecular complexity index is 1160. The Balaban J connectivity index is 1.52. The summed E-state index contributed by atoms with van der Waals surface area (Å²) >= 11 is 0. The number of rotatable bonds is 2. The summed E-state index contributed by atoms with van der Waals surface area (Å²) in [4.78, 5) is 22.6. The van der Waals surface area contributed by atoms with Crippen molar-refractivity contribution in [1.82, 2.24) is 29.9 Å². The average molecular weight is 419 g/mol. The summed E-state index contributed by atoms with van der Waals surface area (Å²) < 4.78 is 7.42. The van der Waals surface area contributed by atoms with E-state index in [1.54, 1.807) is 17.9 Å². The van der Waals surface area contributed by atoms with Gasteiger partial charge in [-0.15, -0.1) is 5.10 Å². The van der Waals surface area contributed by atoms with Crippen LogP contribution in [0.25, 0.3) is 22.3 Å². The lowest BCUT2D eigenvalue weighted by Crippen LogP contribution is -2.42. The van der Waals surface area contributed by atoms with E-state index in [-0.39, 0.29) is 12.1 Å². The van der Waals surface area contributed by atoms with Crippen LogP contribution in [0.1, 0.15) is 51.2 Å². The largest absolute Gasteiger partial charge is 0.444 e. The number of fused-ring (bicyclic) bond motifs is 1. The molecular weight excluding hydrogens is 394 g/mol. The maximum absolute atomic E-state index is 12.3. The predicted octanol–water partition coefficient (Wildman–Crippen LogP) is 3.64. The first-order chi connectivity index (χ1) is 14.7. The van der Waals surface area contributed by atoms with Crippen LogP contribution in [-0.2, 0) is 4.74 Å². The predicted molar refractivity (Wildman–Crippen MR) is 114 cm³/mol. The number of piperidine rings is 1. The van der Waals surface area contributed by atoms with Crippen molar-refractivity contribution in [3.8, 4) is 17.3 Å². The molecule has 0 aliphatic carbocycles. The van der Waals surface area contributed by atoms with Gasteiger partial charge < -0.3 is 9.64 Å². The normalized spacial score (nSPS) is 15.1. The molecule has 0 N–H and O–H groups in total. The van der Waals surface area contributed by atoms with E-state index in [0.717, 1.165) is 29.4 Å². The first kappa shape index (κ1) is 20.7. The van der Waals surface area contributed by atoms with E-state index >= 15 is 0 Å². The second-order valence-corrected chi connectivity index (χ2v) is 8.73. The molecule has 9 heteroatoms. The van der Waals surface area contributed by atoms with E-state index < -0.39 is 5.60 Å². The van der Waals surface area contributed by atoms with Crippen molar-refractivity contribution in [2.24, 2.45) is 0 Å². The Morgan fingerprint density at radius 3 is 2.61 bits per heavy atom. The van der Waals surface area contributed by atoms with Crippen molar-refractivity contribution in [2.45, 2.75) is 52.2 Å². The fourth-order valence-electron chi connectivity index (χ4n) is 3.76. The molecule has 1 amide bonds. The van der Waals surface area contributed by atoms with Gasteiger partial charge >= 0.3 is 6.09 Å². The number of hydrogen-bond acceptors (Lipinski definition) is 7. The summed E-state index contributed by atoms with van der Waals surface area (Å²) in [5.41, 5.74) is 3.09. The van der Waals surface area contributed by atoms with Crippen molar-refractivity contribution in [1.29, 1.82) is 5.26 Å². The van der Waals surface area contributed by atoms with Crippen LogP contribution in [0.15, 0.2) is 24.3 Å². The summed E-state index contributed by atoms with van der Waals surface area (Å²) in [6, 6.07) is 9.77. The van der Waals surface area contributed by atoms with E-state index in [1.807, 2.05) is 43.7 Å². The monoisotopic (exact) mass is 419 g/mol. The Hall–Kier alpha value is -3.54. The molecule has 1 aliphatic rings. The summed E-state index contributed by atoms with van der Waals surface area (Å²) in [6.45, 7) is 8.63. The lowest BCUT2D eigenvalue weighted by atomic mass is 10.0. The zero-order valence-electron chi connectivity index (χ0n) is 18.2. The molecular formula is C22H25N7O2. The van der Waals surface area contributed by atoms with Crippen LogP contribution in [0, 0.1) is 18.3 Å². The fraction of sp³-hybridized carbons (Fsp3) is 0.455. The van der Waals surface area contributed by atoms with Crippen molar-refractivity contribution < 1.29 is 9.53 Å². The zero-order valence-corrected chi connectivity index (χ0v) is 18.2. The fourth-order valence-corrected chi connectivity index (χ4v) is 3.76. The van der Waals surface area contributed by atoms with Gasteiger partial charge in [-0.3, -0.25) is 0 Å². The topological polar surface area (TPSA) is 110 Å². The number of nitrogens with zero attached hydrogens (tertiary/aromatic N) is 7. The van der Waals surface area contributed by atoms with Crippen molar-refractivity contribution in [2.75, 3.05) is 13.1 Å². The van der Waals surface area contributed by atoms with Crippen molar-refractivity contribution in [3.05, 3.63) is 35.8 Å². The molecule has 1 aliphatic heterocycles. The first-order valence-corrected chi connectivity index (χ1v) is 10.3. The smallest absolute Gasteiger partial charge is 0.410 e. The lowest BCUT2D eigenvalue weighted by Gasteiger charge is -2.33. The van der Waals surface area contributed by atoms with Gasteiger partial charge in [-0.25, -0.2) is 19.4 Å². The highest BCUT2D eigenvalue weighted by Gasteiger charge is 2.28. The third kappa shape index (κ3) is 4.48. The second kappa shape index (κ2) is 7.95. The number of likely N-dealkylation sites (tertiary alicyclic amines) is 1. The SMILES string of the molecule is Cc1nc(C#N)cc(-c2ccc3c(c2)nnn3C2CCN(C(=O)OC(C)(C)C)CC2)n1. The number of carbonyl (C=O) groups excluding carboxylic acids is 1. The van der Waals surface area contributed by atoms with Crippen LogP contribution in [0.4, 0.5) is 4.79 Å². The maximum atomic E-state index is 12.3. The van der Waals surface area contributed by atoms with Crippen LogP contribution in [-0.4, -0.2) is 54.6 Å². The average Bonchev–Trinajstić information content (AvgIpc) is 3.15. The second-order valence-electron chi connectivity index (χ2n) is 8.73. The van der Waals surface area contributed by atoms with E-state index in [0.29, 0.717) is 30.3 Å². The highest BCUT2D eigenvalue weighted by Crippen LogP contribution is 2.28. The Morgan fingerprint density at radius 2 is 1.94 bits per heavy atom. The quantitative estimate of drug-likeness (QED) is 0.623. The molecule has 0 saturated carbocycles. The van der Waals surface area contributed by atoms with E-state index in [9.17, 15) is 4.79 Å². The summed E-state index contributed by atoms with van der Waals surface area (Å²) in [6.07, 6.45) is 1.31. The standard InChI is InChI=1S/C22H25N7O2/c1-14-24-16(13-23)12-18(25-14)15-5-6-20-19(11-15)26-27-29(20)17-7-9-28(10-8-17)21(30)31-22(2,3)4/h5-6,11-12,17H,7-10H2,1-4H3. The highest BCUT2D eigenvalue weighted by molar-refractivity contribution is 5.80. The number of nitriles is 1.